The number of phenolic OH excluding ortho intramolecular Hbond substituents is 1. The molecule has 2 rings (SSSR count). The summed E-state index contributed by atoms with van der Waals surface area (Å²) in [6.45, 7) is 5.14. The molecule has 0 aliphatic carbocycles. The number of aryl methyl sites for hydroxylation is 3. The third kappa shape index (κ3) is 3.31. The summed E-state index contributed by atoms with van der Waals surface area (Å²) in [6, 6.07) is 6.60. The van der Waals surface area contributed by atoms with E-state index in [0.29, 0.717) is 11.1 Å². The molecule has 0 aliphatic rings. The SMILES string of the molecule is Cc1cc(C(=O)COC(=O)c2cccc(C)c2O)c(C)s1. The van der Waals surface area contributed by atoms with Gasteiger partial charge in [-0.2, -0.15) is 0 Å². The number of carbonyl (C=O) groups excluding carboxylic acids is 2. The van der Waals surface area contributed by atoms with Gasteiger partial charge in [-0.1, -0.05) is 12.1 Å². The Morgan fingerprint density at radius 2 is 1.90 bits per heavy atom. The lowest BCUT2D eigenvalue weighted by Gasteiger charge is -2.07. The van der Waals surface area contributed by atoms with Crippen LogP contribution in [0, 0.1) is 20.8 Å². The number of rotatable bonds is 4. The smallest absolute Gasteiger partial charge is 0.342 e. The monoisotopic (exact) mass is 304 g/mol. The van der Waals surface area contributed by atoms with Gasteiger partial charge in [-0.15, -0.1) is 11.3 Å². The molecule has 0 atom stereocenters. The summed E-state index contributed by atoms with van der Waals surface area (Å²) in [4.78, 5) is 25.9. The van der Waals surface area contributed by atoms with Crippen molar-refractivity contribution in [2.75, 3.05) is 6.61 Å². The van der Waals surface area contributed by atoms with Crippen LogP contribution in [0.25, 0.3) is 0 Å². The number of hydrogen-bond donors (Lipinski definition) is 1. The highest BCUT2D eigenvalue weighted by molar-refractivity contribution is 7.12. The Kier molecular flexibility index (Phi) is 4.43. The molecule has 21 heavy (non-hydrogen) atoms. The zero-order valence-electron chi connectivity index (χ0n) is 12.1. The van der Waals surface area contributed by atoms with Gasteiger partial charge in [-0.05, 0) is 38.5 Å². The van der Waals surface area contributed by atoms with Crippen LogP contribution in [0.1, 0.15) is 36.0 Å². The van der Waals surface area contributed by atoms with Crippen LogP contribution in [0.3, 0.4) is 0 Å². The fraction of sp³-hybridized carbons (Fsp3) is 0.250. The number of phenols is 1. The molecule has 0 saturated carbocycles. The van der Waals surface area contributed by atoms with Crippen molar-refractivity contribution >= 4 is 23.1 Å². The van der Waals surface area contributed by atoms with Gasteiger partial charge in [0.05, 0.1) is 0 Å². The summed E-state index contributed by atoms with van der Waals surface area (Å²) in [5.41, 5.74) is 1.24. The van der Waals surface area contributed by atoms with Gasteiger partial charge in [-0.3, -0.25) is 4.79 Å². The molecular formula is C16H16O4S. The number of Topliss-reactive ketones (excluding diaryl/α,β-unsaturated/α-hetero) is 1. The number of para-hydroxylation sites is 1. The van der Waals surface area contributed by atoms with Gasteiger partial charge in [0.2, 0.25) is 5.78 Å². The average molecular weight is 304 g/mol. The van der Waals surface area contributed by atoms with Gasteiger partial charge >= 0.3 is 5.97 Å². The first-order valence-corrected chi connectivity index (χ1v) is 7.27. The molecule has 2 aromatic rings. The molecule has 0 radical (unpaired) electrons. The Morgan fingerprint density at radius 3 is 2.52 bits per heavy atom. The summed E-state index contributed by atoms with van der Waals surface area (Å²) in [6.07, 6.45) is 0. The third-order valence-corrected chi connectivity index (χ3v) is 4.10. The summed E-state index contributed by atoms with van der Waals surface area (Å²) in [5, 5.41) is 9.81. The number of aromatic hydroxyl groups is 1. The molecule has 0 aliphatic heterocycles. The Hall–Kier alpha value is -2.14. The van der Waals surface area contributed by atoms with Crippen molar-refractivity contribution in [1.82, 2.24) is 0 Å². The third-order valence-electron chi connectivity index (χ3n) is 3.13. The van der Waals surface area contributed by atoms with Crippen molar-refractivity contribution in [2.45, 2.75) is 20.8 Å². The van der Waals surface area contributed by atoms with E-state index in [2.05, 4.69) is 0 Å². The second-order valence-corrected chi connectivity index (χ2v) is 6.26. The van der Waals surface area contributed by atoms with E-state index in [1.54, 1.807) is 25.1 Å². The van der Waals surface area contributed by atoms with Crippen LogP contribution in [0.15, 0.2) is 24.3 Å². The molecule has 1 aromatic heterocycles. The van der Waals surface area contributed by atoms with Crippen molar-refractivity contribution in [1.29, 1.82) is 0 Å². The molecule has 0 fully saturated rings. The highest BCUT2D eigenvalue weighted by Gasteiger charge is 2.17. The van der Waals surface area contributed by atoms with Crippen LogP contribution < -0.4 is 0 Å². The van der Waals surface area contributed by atoms with E-state index in [1.807, 2.05) is 13.8 Å². The minimum atomic E-state index is -0.700. The molecule has 1 N–H and O–H groups in total. The molecule has 0 amide bonds. The van der Waals surface area contributed by atoms with Crippen LogP contribution in [0.4, 0.5) is 0 Å². The molecule has 5 heteroatoms. The van der Waals surface area contributed by atoms with Crippen LogP contribution in [0.2, 0.25) is 0 Å². The molecule has 0 spiro atoms. The fourth-order valence-electron chi connectivity index (χ4n) is 2.02. The van der Waals surface area contributed by atoms with Crippen molar-refractivity contribution < 1.29 is 19.4 Å². The van der Waals surface area contributed by atoms with Gasteiger partial charge in [0.15, 0.2) is 6.61 Å². The first-order valence-electron chi connectivity index (χ1n) is 6.46. The minimum Gasteiger partial charge on any atom is -0.507 e. The van der Waals surface area contributed by atoms with Crippen molar-refractivity contribution in [3.05, 3.63) is 50.7 Å². The van der Waals surface area contributed by atoms with E-state index < -0.39 is 5.97 Å². The number of thiophene rings is 1. The second kappa shape index (κ2) is 6.10. The predicted octanol–water partition coefficient (Wildman–Crippen LogP) is 3.42. The maximum atomic E-state index is 12.0. The normalized spacial score (nSPS) is 10.4. The molecule has 1 aromatic carbocycles. The molecule has 4 nitrogen and oxygen atoms in total. The fourth-order valence-corrected chi connectivity index (χ4v) is 2.96. The van der Waals surface area contributed by atoms with E-state index in [1.165, 1.54) is 17.4 Å². The molecule has 0 saturated heterocycles. The topological polar surface area (TPSA) is 63.6 Å². The average Bonchev–Trinajstić information content (AvgIpc) is 2.78. The number of ketones is 1. The standard InChI is InChI=1S/C16H16O4S/c1-9-5-4-6-12(15(9)18)16(19)20-8-14(17)13-7-10(2)21-11(13)3/h4-7,18H,8H2,1-3H3. The van der Waals surface area contributed by atoms with Gasteiger partial charge in [-0.25, -0.2) is 4.79 Å². The van der Waals surface area contributed by atoms with Gasteiger partial charge in [0.25, 0.3) is 0 Å². The maximum absolute atomic E-state index is 12.0. The highest BCUT2D eigenvalue weighted by atomic mass is 32.1. The largest absolute Gasteiger partial charge is 0.507 e. The molecule has 1 heterocycles. The number of hydrogen-bond acceptors (Lipinski definition) is 5. The van der Waals surface area contributed by atoms with Crippen molar-refractivity contribution in [2.24, 2.45) is 0 Å². The van der Waals surface area contributed by atoms with Crippen LogP contribution in [-0.2, 0) is 4.74 Å². The molecule has 0 bridgehead atoms. The van der Waals surface area contributed by atoms with E-state index in [-0.39, 0.29) is 23.7 Å². The summed E-state index contributed by atoms with van der Waals surface area (Å²) in [7, 11) is 0. The van der Waals surface area contributed by atoms with Gasteiger partial charge < -0.3 is 9.84 Å². The Morgan fingerprint density at radius 1 is 1.19 bits per heavy atom. The zero-order chi connectivity index (χ0) is 15.6. The molecule has 0 unspecified atom stereocenters. The summed E-state index contributed by atoms with van der Waals surface area (Å²) < 4.78 is 5.00. The second-order valence-electron chi connectivity index (χ2n) is 4.80. The number of benzene rings is 1. The Balaban J connectivity index is 2.06. The van der Waals surface area contributed by atoms with E-state index >= 15 is 0 Å². The van der Waals surface area contributed by atoms with Crippen LogP contribution in [-0.4, -0.2) is 23.5 Å². The minimum absolute atomic E-state index is 0.0704. The van der Waals surface area contributed by atoms with E-state index in [0.717, 1.165) is 9.75 Å². The van der Waals surface area contributed by atoms with Crippen molar-refractivity contribution in [3.63, 3.8) is 0 Å². The Labute approximate surface area is 127 Å². The van der Waals surface area contributed by atoms with Gasteiger partial charge in [0, 0.05) is 15.3 Å². The Bertz CT molecular complexity index is 700. The first-order chi connectivity index (χ1) is 9.90. The van der Waals surface area contributed by atoms with E-state index in [9.17, 15) is 14.7 Å². The highest BCUT2D eigenvalue weighted by Crippen LogP contribution is 2.23. The number of esters is 1. The van der Waals surface area contributed by atoms with E-state index in [4.69, 9.17) is 4.74 Å². The first kappa shape index (κ1) is 15.3. The lowest BCUT2D eigenvalue weighted by Crippen LogP contribution is -2.14. The maximum Gasteiger partial charge on any atom is 0.342 e. The summed E-state index contributed by atoms with van der Waals surface area (Å²) in [5.74, 6) is -1.05. The number of ether oxygens (including phenoxy) is 1. The lowest BCUT2D eigenvalue weighted by molar-refractivity contribution is 0.0471. The van der Waals surface area contributed by atoms with Crippen molar-refractivity contribution in [3.8, 4) is 5.75 Å². The van der Waals surface area contributed by atoms with Crippen LogP contribution in [0.5, 0.6) is 5.75 Å². The molecular weight excluding hydrogens is 288 g/mol. The zero-order valence-corrected chi connectivity index (χ0v) is 12.9. The molecule has 110 valence electrons. The van der Waals surface area contributed by atoms with Crippen LogP contribution >= 0.6 is 11.3 Å². The quantitative estimate of drug-likeness (QED) is 0.694. The van der Waals surface area contributed by atoms with Gasteiger partial charge in [0.1, 0.15) is 11.3 Å². The lowest BCUT2D eigenvalue weighted by atomic mass is 10.1. The summed E-state index contributed by atoms with van der Waals surface area (Å²) >= 11 is 1.53. The number of carbonyl (C=O) groups is 2. The predicted molar refractivity (Wildman–Crippen MR) is 81.2 cm³/mol.